The van der Waals surface area contributed by atoms with Crippen LogP contribution in [0.3, 0.4) is 0 Å². The molecule has 0 spiro atoms. The van der Waals surface area contributed by atoms with Gasteiger partial charge < -0.3 is 10.1 Å². The molecule has 134 valence electrons. The second-order valence-electron chi connectivity index (χ2n) is 6.60. The average Bonchev–Trinajstić information content (AvgIpc) is 2.86. The van der Waals surface area contributed by atoms with Crippen LogP contribution in [0.4, 0.5) is 5.69 Å². The number of hydrogen-bond donors (Lipinski definition) is 1. The fraction of sp³-hybridized carbons (Fsp3) is 0.526. The largest absolute Gasteiger partial charge is 0.377 e. The summed E-state index contributed by atoms with van der Waals surface area (Å²) in [4.78, 5) is 38.4. The zero-order chi connectivity index (χ0) is 17.8. The number of carbonyl (C=O) groups is 3. The van der Waals surface area contributed by atoms with Crippen LogP contribution in [0.1, 0.15) is 38.2 Å². The number of carbonyl (C=O) groups excluding carboxylic acids is 3. The lowest BCUT2D eigenvalue weighted by atomic mass is 9.81. The van der Waals surface area contributed by atoms with Gasteiger partial charge in [0.2, 0.25) is 17.7 Å². The van der Waals surface area contributed by atoms with Crippen molar-refractivity contribution in [2.24, 2.45) is 11.8 Å². The summed E-state index contributed by atoms with van der Waals surface area (Å²) >= 11 is 0. The minimum atomic E-state index is -0.357. The first kappa shape index (κ1) is 17.6. The molecule has 1 aliphatic heterocycles. The lowest BCUT2D eigenvalue weighted by Gasteiger charge is -2.19. The smallest absolute Gasteiger partial charge is 0.244 e. The summed E-state index contributed by atoms with van der Waals surface area (Å²) < 4.78 is 5.40. The van der Waals surface area contributed by atoms with Crippen LogP contribution in [0.25, 0.3) is 0 Å². The number of ether oxygens (including phenoxy) is 1. The molecule has 0 bridgehead atoms. The minimum Gasteiger partial charge on any atom is -0.377 e. The third kappa shape index (κ3) is 3.74. The Morgan fingerprint density at radius 1 is 1.16 bits per heavy atom. The van der Waals surface area contributed by atoms with Crippen molar-refractivity contribution >= 4 is 23.4 Å². The van der Waals surface area contributed by atoms with E-state index in [1.54, 1.807) is 6.07 Å². The lowest BCUT2D eigenvalue weighted by molar-refractivity contribution is -0.142. The Bertz CT molecular complexity index is 649. The molecule has 2 fully saturated rings. The molecule has 2 aliphatic rings. The Hall–Kier alpha value is -2.21. The lowest BCUT2D eigenvalue weighted by Crippen LogP contribution is -2.38. The zero-order valence-corrected chi connectivity index (χ0v) is 14.5. The van der Waals surface area contributed by atoms with E-state index in [0.29, 0.717) is 18.9 Å². The summed E-state index contributed by atoms with van der Waals surface area (Å²) in [6.45, 7) is 2.68. The van der Waals surface area contributed by atoms with Crippen molar-refractivity contribution in [3.05, 3.63) is 29.8 Å². The molecule has 0 radical (unpaired) electrons. The van der Waals surface area contributed by atoms with Gasteiger partial charge in [0.25, 0.3) is 0 Å². The number of amides is 3. The van der Waals surface area contributed by atoms with Gasteiger partial charge in [0.05, 0.1) is 18.4 Å². The molecule has 1 saturated carbocycles. The van der Waals surface area contributed by atoms with Gasteiger partial charge in [-0.3, -0.25) is 19.3 Å². The Labute approximate surface area is 147 Å². The zero-order valence-electron chi connectivity index (χ0n) is 14.5. The molecule has 1 saturated heterocycles. The SMILES string of the molecule is CCOCc1ccccc1NC(=O)CN1C(=O)C2CCCCC2C1=O. The number of nitrogens with one attached hydrogen (secondary N) is 1. The maximum absolute atomic E-state index is 12.5. The van der Waals surface area contributed by atoms with Crippen LogP contribution >= 0.6 is 0 Å². The molecule has 6 heteroatoms. The fourth-order valence-electron chi connectivity index (χ4n) is 3.70. The van der Waals surface area contributed by atoms with Gasteiger partial charge in [0.15, 0.2) is 0 Å². The monoisotopic (exact) mass is 344 g/mol. The molecule has 1 N–H and O–H groups in total. The van der Waals surface area contributed by atoms with Gasteiger partial charge in [-0.05, 0) is 25.8 Å². The van der Waals surface area contributed by atoms with E-state index >= 15 is 0 Å². The van der Waals surface area contributed by atoms with Crippen LogP contribution in [0, 0.1) is 11.8 Å². The molecule has 0 aromatic heterocycles. The molecule has 1 heterocycles. The number of para-hydroxylation sites is 1. The third-order valence-electron chi connectivity index (χ3n) is 4.99. The Balaban J connectivity index is 1.65. The molecule has 2 unspecified atom stereocenters. The molecule has 1 aromatic rings. The van der Waals surface area contributed by atoms with Crippen molar-refractivity contribution in [1.82, 2.24) is 4.90 Å². The van der Waals surface area contributed by atoms with Gasteiger partial charge in [-0.1, -0.05) is 31.0 Å². The highest BCUT2D eigenvalue weighted by Gasteiger charge is 2.48. The number of benzene rings is 1. The van der Waals surface area contributed by atoms with Gasteiger partial charge in [0.1, 0.15) is 6.54 Å². The summed E-state index contributed by atoms with van der Waals surface area (Å²) in [5.74, 6) is -1.18. The predicted octanol–water partition coefficient (Wildman–Crippen LogP) is 2.34. The highest BCUT2D eigenvalue weighted by atomic mass is 16.5. The number of imide groups is 1. The predicted molar refractivity (Wildman–Crippen MR) is 92.6 cm³/mol. The van der Waals surface area contributed by atoms with Gasteiger partial charge >= 0.3 is 0 Å². The summed E-state index contributed by atoms with van der Waals surface area (Å²) in [6.07, 6.45) is 3.46. The van der Waals surface area contributed by atoms with Crippen LogP contribution in [0.15, 0.2) is 24.3 Å². The van der Waals surface area contributed by atoms with E-state index < -0.39 is 0 Å². The second kappa shape index (κ2) is 7.78. The maximum atomic E-state index is 12.5. The average molecular weight is 344 g/mol. The van der Waals surface area contributed by atoms with E-state index in [-0.39, 0.29) is 36.1 Å². The van der Waals surface area contributed by atoms with Gasteiger partial charge in [0, 0.05) is 17.9 Å². The van der Waals surface area contributed by atoms with Crippen molar-refractivity contribution in [3.8, 4) is 0 Å². The van der Waals surface area contributed by atoms with Gasteiger partial charge in [-0.15, -0.1) is 0 Å². The quantitative estimate of drug-likeness (QED) is 0.804. The number of rotatable bonds is 6. The maximum Gasteiger partial charge on any atom is 0.244 e. The molecule has 6 nitrogen and oxygen atoms in total. The first-order valence-corrected chi connectivity index (χ1v) is 8.92. The van der Waals surface area contributed by atoms with Crippen molar-refractivity contribution in [2.75, 3.05) is 18.5 Å². The Morgan fingerprint density at radius 2 is 1.80 bits per heavy atom. The number of likely N-dealkylation sites (tertiary alicyclic amines) is 1. The van der Waals surface area contributed by atoms with Crippen molar-refractivity contribution in [2.45, 2.75) is 39.2 Å². The second-order valence-corrected chi connectivity index (χ2v) is 6.60. The van der Waals surface area contributed by atoms with Crippen LogP contribution < -0.4 is 5.32 Å². The van der Waals surface area contributed by atoms with E-state index in [2.05, 4.69) is 5.32 Å². The van der Waals surface area contributed by atoms with Crippen LogP contribution in [0.2, 0.25) is 0 Å². The third-order valence-corrected chi connectivity index (χ3v) is 4.99. The number of nitrogens with zero attached hydrogens (tertiary/aromatic N) is 1. The highest BCUT2D eigenvalue weighted by Crippen LogP contribution is 2.37. The van der Waals surface area contributed by atoms with Gasteiger partial charge in [-0.2, -0.15) is 0 Å². The number of fused-ring (bicyclic) bond motifs is 1. The highest BCUT2D eigenvalue weighted by molar-refractivity contribution is 6.08. The molecule has 2 atom stereocenters. The van der Waals surface area contributed by atoms with Crippen molar-refractivity contribution < 1.29 is 19.1 Å². The molecular formula is C19H24N2O4. The Morgan fingerprint density at radius 3 is 2.44 bits per heavy atom. The molecule has 1 aromatic carbocycles. The number of anilines is 1. The molecule has 3 rings (SSSR count). The summed E-state index contributed by atoms with van der Waals surface area (Å²) in [6, 6.07) is 7.37. The molecular weight excluding hydrogens is 320 g/mol. The van der Waals surface area contributed by atoms with Gasteiger partial charge in [-0.25, -0.2) is 0 Å². The fourth-order valence-corrected chi connectivity index (χ4v) is 3.70. The van der Waals surface area contributed by atoms with Crippen molar-refractivity contribution in [3.63, 3.8) is 0 Å². The van der Waals surface area contributed by atoms with E-state index in [9.17, 15) is 14.4 Å². The van der Waals surface area contributed by atoms with Crippen molar-refractivity contribution in [1.29, 1.82) is 0 Å². The van der Waals surface area contributed by atoms with Crippen LogP contribution in [-0.4, -0.2) is 35.8 Å². The molecule has 1 aliphatic carbocycles. The van der Waals surface area contributed by atoms with Crippen LogP contribution in [0.5, 0.6) is 0 Å². The summed E-state index contributed by atoms with van der Waals surface area (Å²) in [7, 11) is 0. The van der Waals surface area contributed by atoms with E-state index in [0.717, 1.165) is 36.1 Å². The normalized spacial score (nSPS) is 22.8. The van der Waals surface area contributed by atoms with Crippen LogP contribution in [-0.2, 0) is 25.7 Å². The summed E-state index contributed by atoms with van der Waals surface area (Å²) in [5, 5.41) is 2.80. The van der Waals surface area contributed by atoms with E-state index in [4.69, 9.17) is 4.74 Å². The minimum absolute atomic E-state index is 0.188. The van der Waals surface area contributed by atoms with E-state index in [1.807, 2.05) is 25.1 Å². The first-order chi connectivity index (χ1) is 12.1. The topological polar surface area (TPSA) is 75.7 Å². The van der Waals surface area contributed by atoms with E-state index in [1.165, 1.54) is 0 Å². The first-order valence-electron chi connectivity index (χ1n) is 8.92. The Kier molecular flexibility index (Phi) is 5.48. The molecule has 25 heavy (non-hydrogen) atoms. The molecule has 3 amide bonds. The summed E-state index contributed by atoms with van der Waals surface area (Å²) in [5.41, 5.74) is 1.52. The standard InChI is InChI=1S/C19H24N2O4/c1-2-25-12-13-7-3-6-10-16(13)20-17(22)11-21-18(23)14-8-4-5-9-15(14)19(21)24/h3,6-7,10,14-15H,2,4-5,8-9,11-12H2,1H3,(H,20,22). The number of hydrogen-bond acceptors (Lipinski definition) is 4.